The fraction of sp³-hybridized carbons (Fsp3) is 0.571. The summed E-state index contributed by atoms with van der Waals surface area (Å²) in [5.41, 5.74) is 0.439. The molecule has 0 spiro atoms. The van der Waals surface area contributed by atoms with E-state index in [1.807, 2.05) is 6.07 Å². The van der Waals surface area contributed by atoms with Crippen LogP contribution in [0.1, 0.15) is 32.1 Å². The van der Waals surface area contributed by atoms with E-state index in [9.17, 15) is 9.50 Å². The first kappa shape index (κ1) is 13.8. The summed E-state index contributed by atoms with van der Waals surface area (Å²) in [6, 6.07) is 5.00. The Morgan fingerprint density at radius 2 is 2.00 bits per heavy atom. The average molecular weight is 316 g/mol. The number of hydrogen-bond donors (Lipinski definition) is 2. The van der Waals surface area contributed by atoms with Crippen LogP contribution in [0, 0.1) is 11.2 Å². The van der Waals surface area contributed by atoms with Gasteiger partial charge in [-0.15, -0.1) is 0 Å². The molecule has 1 aromatic carbocycles. The van der Waals surface area contributed by atoms with E-state index in [0.29, 0.717) is 12.2 Å². The third-order valence-electron chi connectivity index (χ3n) is 3.83. The summed E-state index contributed by atoms with van der Waals surface area (Å²) in [5.74, 6) is -0.256. The molecule has 0 amide bonds. The predicted molar refractivity (Wildman–Crippen MR) is 75.2 cm³/mol. The molecular weight excluding hydrogens is 297 g/mol. The van der Waals surface area contributed by atoms with Crippen LogP contribution in [0.3, 0.4) is 0 Å². The van der Waals surface area contributed by atoms with Crippen molar-refractivity contribution in [3.63, 3.8) is 0 Å². The lowest BCUT2D eigenvalue weighted by molar-refractivity contribution is 0.0943. The van der Waals surface area contributed by atoms with Crippen molar-refractivity contribution < 1.29 is 9.50 Å². The number of aliphatic hydroxyl groups is 1. The Morgan fingerprint density at radius 3 is 2.61 bits per heavy atom. The van der Waals surface area contributed by atoms with Gasteiger partial charge in [-0.1, -0.05) is 35.2 Å². The van der Waals surface area contributed by atoms with Crippen molar-refractivity contribution >= 4 is 21.6 Å². The van der Waals surface area contributed by atoms with Gasteiger partial charge in [-0.05, 0) is 31.0 Å². The van der Waals surface area contributed by atoms with Gasteiger partial charge in [0.05, 0.1) is 12.3 Å². The van der Waals surface area contributed by atoms with Gasteiger partial charge in [-0.3, -0.25) is 0 Å². The van der Waals surface area contributed by atoms with Crippen molar-refractivity contribution in [3.8, 4) is 0 Å². The van der Waals surface area contributed by atoms with E-state index in [1.165, 1.54) is 12.5 Å². The first-order valence-electron chi connectivity index (χ1n) is 6.45. The van der Waals surface area contributed by atoms with E-state index in [2.05, 4.69) is 21.2 Å². The second-order valence-electron chi connectivity index (χ2n) is 5.20. The number of rotatable bonds is 4. The van der Waals surface area contributed by atoms with Crippen LogP contribution in [0.2, 0.25) is 0 Å². The standard InChI is InChI=1S/C14H19BrFNO/c15-11-4-5-13(12(16)8-11)17-9-14(10-18)6-2-1-3-7-14/h4-5,8,17-18H,1-3,6-7,9-10H2. The summed E-state index contributed by atoms with van der Waals surface area (Å²) in [6.07, 6.45) is 5.60. The van der Waals surface area contributed by atoms with Gasteiger partial charge < -0.3 is 10.4 Å². The highest BCUT2D eigenvalue weighted by Gasteiger charge is 2.31. The average Bonchev–Trinajstić information content (AvgIpc) is 2.39. The summed E-state index contributed by atoms with van der Waals surface area (Å²) < 4.78 is 14.4. The van der Waals surface area contributed by atoms with E-state index in [1.54, 1.807) is 6.07 Å². The number of hydrogen-bond acceptors (Lipinski definition) is 2. The molecule has 1 fully saturated rings. The summed E-state index contributed by atoms with van der Waals surface area (Å²) in [5, 5.41) is 12.7. The van der Waals surface area contributed by atoms with Crippen LogP contribution in [-0.4, -0.2) is 18.3 Å². The van der Waals surface area contributed by atoms with Crippen molar-refractivity contribution in [1.29, 1.82) is 0 Å². The molecule has 2 rings (SSSR count). The van der Waals surface area contributed by atoms with Gasteiger partial charge in [0.1, 0.15) is 5.82 Å². The Hall–Kier alpha value is -0.610. The molecule has 0 atom stereocenters. The number of anilines is 1. The molecule has 4 heteroatoms. The summed E-state index contributed by atoms with van der Waals surface area (Å²) in [7, 11) is 0. The van der Waals surface area contributed by atoms with Gasteiger partial charge in [0.2, 0.25) is 0 Å². The molecule has 0 saturated heterocycles. The second kappa shape index (κ2) is 6.02. The van der Waals surface area contributed by atoms with Crippen LogP contribution in [0.15, 0.2) is 22.7 Å². The van der Waals surface area contributed by atoms with Crippen molar-refractivity contribution in [3.05, 3.63) is 28.5 Å². The number of nitrogens with one attached hydrogen (secondary N) is 1. The normalized spacial score (nSPS) is 18.6. The summed E-state index contributed by atoms with van der Waals surface area (Å²) in [6.45, 7) is 0.820. The van der Waals surface area contributed by atoms with Crippen LogP contribution >= 0.6 is 15.9 Å². The van der Waals surface area contributed by atoms with Gasteiger partial charge in [-0.2, -0.15) is 0 Å². The zero-order valence-corrected chi connectivity index (χ0v) is 12.0. The molecule has 1 aliphatic rings. The topological polar surface area (TPSA) is 32.3 Å². The Labute approximate surface area is 116 Å². The highest BCUT2D eigenvalue weighted by atomic mass is 79.9. The van der Waals surface area contributed by atoms with E-state index < -0.39 is 0 Å². The number of benzene rings is 1. The zero-order valence-electron chi connectivity index (χ0n) is 10.4. The molecule has 0 radical (unpaired) electrons. The lowest BCUT2D eigenvalue weighted by Crippen LogP contribution is -2.35. The Bertz CT molecular complexity index is 405. The van der Waals surface area contributed by atoms with Crippen molar-refractivity contribution in [2.45, 2.75) is 32.1 Å². The van der Waals surface area contributed by atoms with Crippen LogP contribution in [0.4, 0.5) is 10.1 Å². The van der Waals surface area contributed by atoms with E-state index >= 15 is 0 Å². The minimum atomic E-state index is -0.256. The molecule has 2 nitrogen and oxygen atoms in total. The summed E-state index contributed by atoms with van der Waals surface area (Å²) >= 11 is 3.24. The molecular formula is C14H19BrFNO. The van der Waals surface area contributed by atoms with Crippen LogP contribution in [0.5, 0.6) is 0 Å². The quantitative estimate of drug-likeness (QED) is 0.882. The van der Waals surface area contributed by atoms with Gasteiger partial charge in [0.15, 0.2) is 0 Å². The second-order valence-corrected chi connectivity index (χ2v) is 6.11. The Balaban J connectivity index is 2.01. The number of aliphatic hydroxyl groups excluding tert-OH is 1. The highest BCUT2D eigenvalue weighted by molar-refractivity contribution is 9.10. The van der Waals surface area contributed by atoms with Crippen molar-refractivity contribution in [2.24, 2.45) is 5.41 Å². The molecule has 0 bridgehead atoms. The minimum Gasteiger partial charge on any atom is -0.396 e. The lowest BCUT2D eigenvalue weighted by atomic mass is 9.74. The molecule has 0 aromatic heterocycles. The highest BCUT2D eigenvalue weighted by Crippen LogP contribution is 2.36. The first-order valence-corrected chi connectivity index (χ1v) is 7.24. The third-order valence-corrected chi connectivity index (χ3v) is 4.33. The molecule has 2 N–H and O–H groups in total. The minimum absolute atomic E-state index is 0.0717. The van der Waals surface area contributed by atoms with E-state index in [4.69, 9.17) is 0 Å². The smallest absolute Gasteiger partial charge is 0.147 e. The van der Waals surface area contributed by atoms with Crippen LogP contribution in [0.25, 0.3) is 0 Å². The SMILES string of the molecule is OCC1(CNc2ccc(Br)cc2F)CCCCC1. The molecule has 0 aliphatic heterocycles. The lowest BCUT2D eigenvalue weighted by Gasteiger charge is -2.36. The third kappa shape index (κ3) is 3.23. The van der Waals surface area contributed by atoms with Gasteiger partial charge >= 0.3 is 0 Å². The zero-order chi connectivity index (χ0) is 13.0. The Kier molecular flexibility index (Phi) is 4.62. The molecule has 1 aromatic rings. The first-order chi connectivity index (χ1) is 8.65. The summed E-state index contributed by atoms with van der Waals surface area (Å²) in [4.78, 5) is 0. The van der Waals surface area contributed by atoms with Crippen molar-refractivity contribution in [2.75, 3.05) is 18.5 Å². The van der Waals surface area contributed by atoms with Crippen LogP contribution < -0.4 is 5.32 Å². The van der Waals surface area contributed by atoms with Crippen LogP contribution in [-0.2, 0) is 0 Å². The van der Waals surface area contributed by atoms with E-state index in [0.717, 1.165) is 30.2 Å². The van der Waals surface area contributed by atoms with E-state index in [-0.39, 0.29) is 17.8 Å². The van der Waals surface area contributed by atoms with Gasteiger partial charge in [0, 0.05) is 16.4 Å². The number of halogens is 2. The van der Waals surface area contributed by atoms with Crippen molar-refractivity contribution in [1.82, 2.24) is 0 Å². The maximum atomic E-state index is 13.7. The molecule has 0 unspecified atom stereocenters. The predicted octanol–water partition coefficient (Wildman–Crippen LogP) is 3.94. The molecule has 18 heavy (non-hydrogen) atoms. The monoisotopic (exact) mass is 315 g/mol. The largest absolute Gasteiger partial charge is 0.396 e. The fourth-order valence-electron chi connectivity index (χ4n) is 2.61. The molecule has 1 saturated carbocycles. The molecule has 100 valence electrons. The molecule has 0 heterocycles. The maximum Gasteiger partial charge on any atom is 0.147 e. The van der Waals surface area contributed by atoms with Gasteiger partial charge in [-0.25, -0.2) is 4.39 Å². The fourth-order valence-corrected chi connectivity index (χ4v) is 2.94. The molecule has 1 aliphatic carbocycles. The van der Waals surface area contributed by atoms with Gasteiger partial charge in [0.25, 0.3) is 0 Å². The Morgan fingerprint density at radius 1 is 1.28 bits per heavy atom. The maximum absolute atomic E-state index is 13.7.